The van der Waals surface area contributed by atoms with Crippen molar-refractivity contribution in [3.05, 3.63) is 58.6 Å². The number of ketones is 1. The van der Waals surface area contributed by atoms with Crippen LogP contribution in [0, 0.1) is 0 Å². The number of nitrogens with two attached hydrogens (primary N) is 1. The van der Waals surface area contributed by atoms with Gasteiger partial charge in [-0.15, -0.1) is 0 Å². The minimum absolute atomic E-state index is 0.112. The van der Waals surface area contributed by atoms with Gasteiger partial charge in [0, 0.05) is 11.1 Å². The van der Waals surface area contributed by atoms with Crippen molar-refractivity contribution >= 4 is 23.1 Å². The molecule has 0 fully saturated rings. The number of hydrogen-bond donors (Lipinski definition) is 2. The molecular formula is C13H10ClNO2. The van der Waals surface area contributed by atoms with E-state index in [1.165, 1.54) is 24.3 Å². The fourth-order valence-electron chi connectivity index (χ4n) is 1.50. The summed E-state index contributed by atoms with van der Waals surface area (Å²) in [5, 5.41) is 9.51. The highest BCUT2D eigenvalue weighted by atomic mass is 35.5. The number of nitrogen functional groups attached to an aromatic ring is 1. The molecule has 0 aliphatic carbocycles. The zero-order valence-electron chi connectivity index (χ0n) is 8.85. The summed E-state index contributed by atoms with van der Waals surface area (Å²) in [4.78, 5) is 12.1. The van der Waals surface area contributed by atoms with Gasteiger partial charge in [0.1, 0.15) is 5.75 Å². The molecule has 86 valence electrons. The number of halogens is 1. The molecule has 0 bridgehead atoms. The SMILES string of the molecule is Nc1c(Cl)cccc1C(=O)c1ccc(O)cc1. The normalized spacial score (nSPS) is 10.2. The van der Waals surface area contributed by atoms with Crippen LogP contribution in [-0.2, 0) is 0 Å². The lowest BCUT2D eigenvalue weighted by molar-refractivity contribution is 0.103. The lowest BCUT2D eigenvalue weighted by Crippen LogP contribution is -2.05. The summed E-state index contributed by atoms with van der Waals surface area (Å²) in [6.45, 7) is 0. The van der Waals surface area contributed by atoms with Crippen LogP contribution in [-0.4, -0.2) is 10.9 Å². The highest BCUT2D eigenvalue weighted by Gasteiger charge is 2.13. The molecule has 0 heterocycles. The van der Waals surface area contributed by atoms with Crippen molar-refractivity contribution in [1.82, 2.24) is 0 Å². The quantitative estimate of drug-likeness (QED) is 0.634. The molecule has 0 saturated carbocycles. The summed E-state index contributed by atoms with van der Waals surface area (Å²) in [6.07, 6.45) is 0. The van der Waals surface area contributed by atoms with Crippen molar-refractivity contribution in [2.75, 3.05) is 5.73 Å². The van der Waals surface area contributed by atoms with Gasteiger partial charge in [-0.3, -0.25) is 4.79 Å². The first kappa shape index (κ1) is 11.5. The Kier molecular flexibility index (Phi) is 3.02. The number of carbonyl (C=O) groups excluding carboxylic acids is 1. The number of benzene rings is 2. The van der Waals surface area contributed by atoms with Crippen LogP contribution in [0.2, 0.25) is 5.02 Å². The van der Waals surface area contributed by atoms with E-state index in [0.717, 1.165) is 0 Å². The summed E-state index contributed by atoms with van der Waals surface area (Å²) < 4.78 is 0. The lowest BCUT2D eigenvalue weighted by atomic mass is 10.0. The van der Waals surface area contributed by atoms with E-state index in [4.69, 9.17) is 22.4 Å². The van der Waals surface area contributed by atoms with Crippen molar-refractivity contribution < 1.29 is 9.90 Å². The first-order valence-corrected chi connectivity index (χ1v) is 5.35. The molecular weight excluding hydrogens is 238 g/mol. The molecule has 2 aromatic rings. The summed E-state index contributed by atoms with van der Waals surface area (Å²) >= 11 is 5.85. The Morgan fingerprint density at radius 1 is 1.12 bits per heavy atom. The monoisotopic (exact) mass is 247 g/mol. The molecule has 4 heteroatoms. The third-order valence-corrected chi connectivity index (χ3v) is 2.76. The van der Waals surface area contributed by atoms with Gasteiger partial charge >= 0.3 is 0 Å². The van der Waals surface area contributed by atoms with Gasteiger partial charge in [-0.05, 0) is 36.4 Å². The molecule has 0 atom stereocenters. The number of phenols is 1. The van der Waals surface area contributed by atoms with E-state index in [1.807, 2.05) is 0 Å². The molecule has 17 heavy (non-hydrogen) atoms. The molecule has 0 unspecified atom stereocenters. The number of aromatic hydroxyl groups is 1. The van der Waals surface area contributed by atoms with Gasteiger partial charge in [0.05, 0.1) is 10.7 Å². The van der Waals surface area contributed by atoms with E-state index in [9.17, 15) is 4.79 Å². The van der Waals surface area contributed by atoms with E-state index in [-0.39, 0.29) is 17.2 Å². The molecule has 0 radical (unpaired) electrons. The number of phenolic OH excluding ortho intramolecular Hbond substituents is 1. The Bertz CT molecular complexity index is 564. The third-order valence-electron chi connectivity index (χ3n) is 2.43. The molecule has 3 N–H and O–H groups in total. The van der Waals surface area contributed by atoms with Gasteiger partial charge in [0.25, 0.3) is 0 Å². The fraction of sp³-hybridized carbons (Fsp3) is 0. The largest absolute Gasteiger partial charge is 0.508 e. The van der Waals surface area contributed by atoms with Crippen LogP contribution in [0.4, 0.5) is 5.69 Å². The third kappa shape index (κ3) is 2.24. The predicted molar refractivity (Wildman–Crippen MR) is 67.4 cm³/mol. The molecule has 0 aliphatic rings. The lowest BCUT2D eigenvalue weighted by Gasteiger charge is -2.06. The zero-order valence-corrected chi connectivity index (χ0v) is 9.61. The van der Waals surface area contributed by atoms with E-state index < -0.39 is 0 Å². The summed E-state index contributed by atoms with van der Waals surface area (Å²) in [5.41, 5.74) is 6.84. The minimum Gasteiger partial charge on any atom is -0.508 e. The van der Waals surface area contributed by atoms with Crippen LogP contribution in [0.1, 0.15) is 15.9 Å². The Labute approximate surface area is 103 Å². The van der Waals surface area contributed by atoms with Crippen LogP contribution in [0.3, 0.4) is 0 Å². The highest BCUT2D eigenvalue weighted by molar-refractivity contribution is 6.34. The second-order valence-corrected chi connectivity index (χ2v) is 3.98. The standard InChI is InChI=1S/C13H10ClNO2/c14-11-3-1-2-10(12(11)15)13(17)8-4-6-9(16)7-5-8/h1-7,16H,15H2. The van der Waals surface area contributed by atoms with E-state index >= 15 is 0 Å². The topological polar surface area (TPSA) is 63.3 Å². The van der Waals surface area contributed by atoms with Crippen LogP contribution >= 0.6 is 11.6 Å². The smallest absolute Gasteiger partial charge is 0.195 e. The first-order chi connectivity index (χ1) is 8.09. The highest BCUT2D eigenvalue weighted by Crippen LogP contribution is 2.25. The second kappa shape index (κ2) is 4.47. The maximum atomic E-state index is 12.1. The Balaban J connectivity index is 2.44. The minimum atomic E-state index is -0.218. The van der Waals surface area contributed by atoms with Crippen molar-refractivity contribution in [2.24, 2.45) is 0 Å². The zero-order chi connectivity index (χ0) is 12.4. The van der Waals surface area contributed by atoms with Crippen LogP contribution in [0.25, 0.3) is 0 Å². The average Bonchev–Trinajstić information content (AvgIpc) is 2.33. The fourth-order valence-corrected chi connectivity index (χ4v) is 1.68. The van der Waals surface area contributed by atoms with Gasteiger partial charge in [-0.1, -0.05) is 17.7 Å². The van der Waals surface area contributed by atoms with Crippen molar-refractivity contribution in [1.29, 1.82) is 0 Å². The van der Waals surface area contributed by atoms with Gasteiger partial charge in [0.15, 0.2) is 5.78 Å². The molecule has 2 aromatic carbocycles. The van der Waals surface area contributed by atoms with Gasteiger partial charge in [-0.25, -0.2) is 0 Å². The van der Waals surface area contributed by atoms with E-state index in [1.54, 1.807) is 18.2 Å². The molecule has 0 spiro atoms. The van der Waals surface area contributed by atoms with Crippen molar-refractivity contribution in [2.45, 2.75) is 0 Å². The van der Waals surface area contributed by atoms with Crippen molar-refractivity contribution in [3.63, 3.8) is 0 Å². The number of para-hydroxylation sites is 1. The number of anilines is 1. The van der Waals surface area contributed by atoms with Gasteiger partial charge in [-0.2, -0.15) is 0 Å². The molecule has 0 aromatic heterocycles. The van der Waals surface area contributed by atoms with Gasteiger partial charge < -0.3 is 10.8 Å². The second-order valence-electron chi connectivity index (χ2n) is 3.58. The Hall–Kier alpha value is -2.00. The molecule has 0 amide bonds. The maximum Gasteiger partial charge on any atom is 0.195 e. The van der Waals surface area contributed by atoms with E-state index in [0.29, 0.717) is 16.1 Å². The van der Waals surface area contributed by atoms with Gasteiger partial charge in [0.2, 0.25) is 0 Å². The van der Waals surface area contributed by atoms with Crippen molar-refractivity contribution in [3.8, 4) is 5.75 Å². The first-order valence-electron chi connectivity index (χ1n) is 4.97. The van der Waals surface area contributed by atoms with E-state index in [2.05, 4.69) is 0 Å². The summed E-state index contributed by atoms with van der Waals surface area (Å²) in [5.74, 6) is -0.106. The number of carbonyl (C=O) groups is 1. The Morgan fingerprint density at radius 3 is 2.41 bits per heavy atom. The van der Waals surface area contributed by atoms with Crippen LogP contribution < -0.4 is 5.73 Å². The molecule has 0 aliphatic heterocycles. The Morgan fingerprint density at radius 2 is 1.76 bits per heavy atom. The van der Waals surface area contributed by atoms with Crippen LogP contribution in [0.15, 0.2) is 42.5 Å². The molecule has 3 nitrogen and oxygen atoms in total. The summed E-state index contributed by atoms with van der Waals surface area (Å²) in [7, 11) is 0. The molecule has 2 rings (SSSR count). The molecule has 0 saturated heterocycles. The number of hydrogen-bond acceptors (Lipinski definition) is 3. The maximum absolute atomic E-state index is 12.1. The number of rotatable bonds is 2. The average molecular weight is 248 g/mol. The summed E-state index contributed by atoms with van der Waals surface area (Å²) in [6, 6.07) is 10.9. The predicted octanol–water partition coefficient (Wildman–Crippen LogP) is 2.86. The van der Waals surface area contributed by atoms with Crippen LogP contribution in [0.5, 0.6) is 5.75 Å².